The number of halogens is 1. The average molecular weight is 470 g/mol. The van der Waals surface area contributed by atoms with E-state index in [4.69, 9.17) is 16.3 Å². The van der Waals surface area contributed by atoms with Gasteiger partial charge in [-0.2, -0.15) is 0 Å². The Bertz CT molecular complexity index is 1380. The third kappa shape index (κ3) is 4.49. The van der Waals surface area contributed by atoms with E-state index in [-0.39, 0.29) is 6.54 Å². The fourth-order valence-electron chi connectivity index (χ4n) is 3.22. The molecule has 0 aliphatic carbocycles. The van der Waals surface area contributed by atoms with Gasteiger partial charge in [-0.25, -0.2) is 18.9 Å². The minimum absolute atomic E-state index is 0.274. The Labute approximate surface area is 193 Å². The number of aromatic nitrogens is 4. The van der Waals surface area contributed by atoms with E-state index in [0.717, 1.165) is 15.1 Å². The van der Waals surface area contributed by atoms with E-state index in [9.17, 15) is 9.59 Å². The first-order chi connectivity index (χ1) is 15.4. The number of carbonyl (C=O) groups is 1. The van der Waals surface area contributed by atoms with Gasteiger partial charge < -0.3 is 10.1 Å². The van der Waals surface area contributed by atoms with Crippen LogP contribution in [0.3, 0.4) is 0 Å². The number of amides is 1. The Balaban J connectivity index is 1.61. The van der Waals surface area contributed by atoms with E-state index in [0.29, 0.717) is 27.1 Å². The zero-order valence-electron chi connectivity index (χ0n) is 17.6. The van der Waals surface area contributed by atoms with E-state index in [2.05, 4.69) is 21.5 Å². The molecule has 0 unspecified atom stereocenters. The summed E-state index contributed by atoms with van der Waals surface area (Å²) < 4.78 is 7.73. The maximum atomic E-state index is 12.8. The van der Waals surface area contributed by atoms with Crippen molar-refractivity contribution < 1.29 is 9.53 Å². The molecule has 2 aromatic heterocycles. The first-order valence-electron chi connectivity index (χ1n) is 9.68. The molecular weight excluding hydrogens is 450 g/mol. The second-order valence-corrected chi connectivity index (χ2v) is 8.60. The molecule has 0 spiro atoms. The summed E-state index contributed by atoms with van der Waals surface area (Å²) in [5.41, 5.74) is 2.64. The maximum absolute atomic E-state index is 12.8. The smallest absolute Gasteiger partial charge is 0.350 e. The second kappa shape index (κ2) is 9.05. The lowest BCUT2D eigenvalue weighted by Crippen LogP contribution is -2.28. The summed E-state index contributed by atoms with van der Waals surface area (Å²) >= 11 is 7.44. The minimum Gasteiger partial charge on any atom is -0.495 e. The van der Waals surface area contributed by atoms with E-state index < -0.39 is 11.6 Å². The number of fused-ring (bicyclic) bond motifs is 1. The van der Waals surface area contributed by atoms with Crippen molar-refractivity contribution in [1.82, 2.24) is 19.2 Å². The van der Waals surface area contributed by atoms with Gasteiger partial charge in [0, 0.05) is 22.3 Å². The monoisotopic (exact) mass is 469 g/mol. The van der Waals surface area contributed by atoms with Crippen LogP contribution in [0.5, 0.6) is 5.75 Å². The molecule has 1 N–H and O–H groups in total. The molecule has 4 rings (SSSR count). The number of nitrogens with one attached hydrogen (secondary N) is 1. The Morgan fingerprint density at radius 1 is 1.22 bits per heavy atom. The van der Waals surface area contributed by atoms with Crippen molar-refractivity contribution in [3.05, 3.63) is 75.4 Å². The molecule has 4 aromatic rings. The van der Waals surface area contributed by atoms with Crippen LogP contribution in [-0.4, -0.2) is 32.2 Å². The highest BCUT2D eigenvalue weighted by atomic mass is 35.5. The highest BCUT2D eigenvalue weighted by Crippen LogP contribution is 2.31. The Kier molecular flexibility index (Phi) is 6.20. The third-order valence-corrected chi connectivity index (χ3v) is 6.13. The maximum Gasteiger partial charge on any atom is 0.350 e. The predicted molar refractivity (Wildman–Crippen MR) is 124 cm³/mol. The van der Waals surface area contributed by atoms with Crippen molar-refractivity contribution in [2.75, 3.05) is 12.4 Å². The fourth-order valence-corrected chi connectivity index (χ4v) is 4.30. The van der Waals surface area contributed by atoms with Gasteiger partial charge in [0.1, 0.15) is 17.3 Å². The lowest BCUT2D eigenvalue weighted by atomic mass is 10.2. The Morgan fingerprint density at radius 2 is 2.03 bits per heavy atom. The molecule has 0 atom stereocenters. The molecule has 10 heteroatoms. The summed E-state index contributed by atoms with van der Waals surface area (Å²) in [6, 6.07) is 11.0. The molecule has 2 aromatic carbocycles. The number of hydrogen-bond acceptors (Lipinski definition) is 6. The van der Waals surface area contributed by atoms with Crippen molar-refractivity contribution in [2.45, 2.75) is 30.3 Å². The highest BCUT2D eigenvalue weighted by Gasteiger charge is 2.16. The summed E-state index contributed by atoms with van der Waals surface area (Å²) in [4.78, 5) is 30.8. The van der Waals surface area contributed by atoms with E-state index in [1.165, 1.54) is 35.0 Å². The lowest BCUT2D eigenvalue weighted by molar-refractivity contribution is -0.117. The average Bonchev–Trinajstić information content (AvgIpc) is 3.06. The zero-order valence-corrected chi connectivity index (χ0v) is 19.2. The molecule has 164 valence electrons. The van der Waals surface area contributed by atoms with Crippen LogP contribution < -0.4 is 15.7 Å². The Morgan fingerprint density at radius 3 is 2.78 bits per heavy atom. The molecule has 0 fully saturated rings. The number of benzene rings is 2. The molecule has 32 heavy (non-hydrogen) atoms. The number of hydrogen-bond donors (Lipinski definition) is 1. The van der Waals surface area contributed by atoms with Crippen LogP contribution in [0, 0.1) is 13.8 Å². The summed E-state index contributed by atoms with van der Waals surface area (Å²) in [7, 11) is 1.49. The van der Waals surface area contributed by atoms with Crippen molar-refractivity contribution in [1.29, 1.82) is 0 Å². The molecule has 2 heterocycles. The zero-order chi connectivity index (χ0) is 22.8. The van der Waals surface area contributed by atoms with Gasteiger partial charge in [-0.15, -0.1) is 5.10 Å². The summed E-state index contributed by atoms with van der Waals surface area (Å²) in [5, 5.41) is 8.10. The number of aryl methyl sites for hydroxylation is 2. The van der Waals surface area contributed by atoms with E-state index >= 15 is 0 Å². The fraction of sp³-hybridized carbons (Fsp3) is 0.182. The quantitative estimate of drug-likeness (QED) is 0.459. The normalized spacial score (nSPS) is 11.0. The molecule has 0 aliphatic heterocycles. The van der Waals surface area contributed by atoms with Gasteiger partial charge in [0.25, 0.3) is 0 Å². The molecule has 0 radical (unpaired) electrons. The standard InChI is InChI=1S/C22H20ClN5O3S/c1-13-4-7-18(14(2)10-13)32-21-20-26-28(22(30)27(20)9-8-24-21)12-19(29)25-16-11-15(23)5-6-17(16)31-3/h4-11H,12H2,1-3H3,(H,25,29). The number of methoxy groups -OCH3 is 1. The summed E-state index contributed by atoms with van der Waals surface area (Å²) in [6.45, 7) is 3.78. The number of nitrogens with zero attached hydrogens (tertiary/aromatic N) is 4. The van der Waals surface area contributed by atoms with Crippen molar-refractivity contribution in [3.8, 4) is 5.75 Å². The first-order valence-corrected chi connectivity index (χ1v) is 10.9. The summed E-state index contributed by atoms with van der Waals surface area (Å²) in [6.07, 6.45) is 3.08. The number of ether oxygens (including phenoxy) is 1. The first kappa shape index (κ1) is 21.9. The van der Waals surface area contributed by atoms with Crippen LogP contribution in [0.15, 0.2) is 63.5 Å². The van der Waals surface area contributed by atoms with Gasteiger partial charge in [-0.1, -0.05) is 41.1 Å². The number of rotatable bonds is 6. The van der Waals surface area contributed by atoms with Gasteiger partial charge in [0.05, 0.1) is 12.8 Å². The van der Waals surface area contributed by atoms with Crippen LogP contribution in [-0.2, 0) is 11.3 Å². The SMILES string of the molecule is COc1ccc(Cl)cc1NC(=O)Cn1nc2c(Sc3ccc(C)cc3C)nccn2c1=O. The van der Waals surface area contributed by atoms with E-state index in [1.807, 2.05) is 26.0 Å². The molecule has 0 saturated heterocycles. The number of carbonyl (C=O) groups excluding carboxylic acids is 1. The molecular formula is C22H20ClN5O3S. The van der Waals surface area contributed by atoms with Crippen molar-refractivity contribution >= 4 is 40.6 Å². The van der Waals surface area contributed by atoms with Gasteiger partial charge in [0.2, 0.25) is 5.91 Å². The number of anilines is 1. The van der Waals surface area contributed by atoms with Crippen molar-refractivity contribution in [3.63, 3.8) is 0 Å². The van der Waals surface area contributed by atoms with Crippen LogP contribution in [0.4, 0.5) is 5.69 Å². The third-order valence-electron chi connectivity index (χ3n) is 4.74. The van der Waals surface area contributed by atoms with Gasteiger partial charge in [-0.3, -0.25) is 4.79 Å². The molecule has 1 amide bonds. The Hall–Kier alpha value is -3.30. The predicted octanol–water partition coefficient (Wildman–Crippen LogP) is 3.96. The molecule has 8 nitrogen and oxygen atoms in total. The largest absolute Gasteiger partial charge is 0.495 e. The van der Waals surface area contributed by atoms with Gasteiger partial charge in [-0.05, 0) is 43.7 Å². The topological polar surface area (TPSA) is 90.5 Å². The van der Waals surface area contributed by atoms with Gasteiger partial charge >= 0.3 is 5.69 Å². The second-order valence-electron chi connectivity index (χ2n) is 7.13. The van der Waals surface area contributed by atoms with Crippen LogP contribution in [0.1, 0.15) is 11.1 Å². The van der Waals surface area contributed by atoms with Crippen LogP contribution in [0.25, 0.3) is 5.65 Å². The molecule has 0 saturated carbocycles. The minimum atomic E-state index is -0.437. The molecule has 0 bridgehead atoms. The van der Waals surface area contributed by atoms with Gasteiger partial charge in [0.15, 0.2) is 5.65 Å². The van der Waals surface area contributed by atoms with Crippen LogP contribution >= 0.6 is 23.4 Å². The van der Waals surface area contributed by atoms with Crippen LogP contribution in [0.2, 0.25) is 5.02 Å². The van der Waals surface area contributed by atoms with Crippen molar-refractivity contribution in [2.24, 2.45) is 0 Å². The van der Waals surface area contributed by atoms with E-state index in [1.54, 1.807) is 24.4 Å². The molecule has 0 aliphatic rings. The summed E-state index contributed by atoms with van der Waals surface area (Å²) in [5.74, 6) is 0.0223. The lowest BCUT2D eigenvalue weighted by Gasteiger charge is -2.10. The highest BCUT2D eigenvalue weighted by molar-refractivity contribution is 7.99.